The average molecular weight is 316 g/mol. The maximum Gasteiger partial charge on any atom is 0.305 e. The Kier molecular flexibility index (Phi) is 9.30. The summed E-state index contributed by atoms with van der Waals surface area (Å²) in [5, 5.41) is 0.801. The van der Waals surface area contributed by atoms with Crippen LogP contribution in [0.15, 0.2) is 0 Å². The molecule has 0 aliphatic heterocycles. The smallest absolute Gasteiger partial charge is 0.305 e. The largest absolute Gasteiger partial charge is 0.464 e. The van der Waals surface area contributed by atoms with E-state index in [0.717, 1.165) is 24.6 Å². The van der Waals surface area contributed by atoms with Crippen LogP contribution in [0.1, 0.15) is 32.6 Å². The Balaban J connectivity index is 3.30. The van der Waals surface area contributed by atoms with E-state index in [1.54, 1.807) is 0 Å². The van der Waals surface area contributed by atoms with E-state index in [2.05, 4.69) is 38.8 Å². The number of hydrogen-bond donors (Lipinski definition) is 0. The van der Waals surface area contributed by atoms with Gasteiger partial charge in [-0.3, -0.25) is 4.79 Å². The molecule has 0 fully saturated rings. The summed E-state index contributed by atoms with van der Waals surface area (Å²) in [6.07, 6.45) is 3.73. The van der Waals surface area contributed by atoms with Crippen molar-refractivity contribution in [3.8, 4) is 0 Å². The molecule has 0 aliphatic carbocycles. The maximum absolute atomic E-state index is 11.1. The highest BCUT2D eigenvalue weighted by Crippen LogP contribution is 2.06. The number of halogens is 2. The SMILES string of the molecule is CCCCCC(=O)OCC(Br)CBr. The van der Waals surface area contributed by atoms with Crippen LogP contribution < -0.4 is 0 Å². The Morgan fingerprint density at radius 3 is 2.69 bits per heavy atom. The van der Waals surface area contributed by atoms with Crippen molar-refractivity contribution in [3.05, 3.63) is 0 Å². The zero-order valence-corrected chi connectivity index (χ0v) is 11.1. The lowest BCUT2D eigenvalue weighted by molar-refractivity contribution is -0.143. The lowest BCUT2D eigenvalue weighted by atomic mass is 10.2. The van der Waals surface area contributed by atoms with Crippen LogP contribution in [0.3, 0.4) is 0 Å². The fourth-order valence-electron chi connectivity index (χ4n) is 0.819. The summed E-state index contributed by atoms with van der Waals surface area (Å²) in [6.45, 7) is 2.57. The van der Waals surface area contributed by atoms with E-state index in [4.69, 9.17) is 4.74 Å². The van der Waals surface area contributed by atoms with Gasteiger partial charge in [-0.1, -0.05) is 51.6 Å². The predicted molar refractivity (Wildman–Crippen MR) is 61.6 cm³/mol. The third kappa shape index (κ3) is 8.75. The van der Waals surface area contributed by atoms with Crippen molar-refractivity contribution in [2.24, 2.45) is 0 Å². The topological polar surface area (TPSA) is 26.3 Å². The van der Waals surface area contributed by atoms with Gasteiger partial charge in [-0.05, 0) is 6.42 Å². The number of rotatable bonds is 7. The third-order valence-corrected chi connectivity index (χ3v) is 3.82. The highest BCUT2D eigenvalue weighted by atomic mass is 79.9. The number of unbranched alkanes of at least 4 members (excludes halogenated alkanes) is 2. The summed E-state index contributed by atoms with van der Waals surface area (Å²) in [4.78, 5) is 11.3. The van der Waals surface area contributed by atoms with Gasteiger partial charge < -0.3 is 4.74 Å². The van der Waals surface area contributed by atoms with Crippen LogP contribution in [0, 0.1) is 0 Å². The predicted octanol–water partition coefficient (Wildman–Crippen LogP) is 3.27. The third-order valence-electron chi connectivity index (χ3n) is 1.58. The zero-order valence-electron chi connectivity index (χ0n) is 7.89. The summed E-state index contributed by atoms with van der Waals surface area (Å²) in [7, 11) is 0. The van der Waals surface area contributed by atoms with Gasteiger partial charge in [-0.2, -0.15) is 0 Å². The summed E-state index contributed by atoms with van der Waals surface area (Å²) >= 11 is 6.65. The minimum absolute atomic E-state index is 0.0844. The number of hydrogen-bond acceptors (Lipinski definition) is 2. The molecule has 0 aromatic rings. The molecule has 0 N–H and O–H groups in total. The van der Waals surface area contributed by atoms with Crippen LogP contribution in [0.2, 0.25) is 0 Å². The minimum Gasteiger partial charge on any atom is -0.464 e. The molecular weight excluding hydrogens is 300 g/mol. The Morgan fingerprint density at radius 2 is 2.15 bits per heavy atom. The molecule has 1 unspecified atom stereocenters. The molecule has 0 bridgehead atoms. The van der Waals surface area contributed by atoms with E-state index >= 15 is 0 Å². The van der Waals surface area contributed by atoms with Gasteiger partial charge in [0.2, 0.25) is 0 Å². The molecule has 4 heteroatoms. The molecule has 0 saturated heterocycles. The highest BCUT2D eigenvalue weighted by Gasteiger charge is 2.06. The molecule has 0 spiro atoms. The Labute approximate surface area is 96.7 Å². The van der Waals surface area contributed by atoms with Crippen molar-refractivity contribution in [1.82, 2.24) is 0 Å². The molecule has 0 saturated carbocycles. The quantitative estimate of drug-likeness (QED) is 0.409. The Morgan fingerprint density at radius 1 is 1.46 bits per heavy atom. The van der Waals surface area contributed by atoms with E-state index < -0.39 is 0 Å². The number of carbonyl (C=O) groups is 1. The molecule has 0 radical (unpaired) electrons. The fraction of sp³-hybridized carbons (Fsp3) is 0.889. The highest BCUT2D eigenvalue weighted by molar-refractivity contribution is 9.12. The van der Waals surface area contributed by atoms with Crippen LogP contribution in [-0.4, -0.2) is 22.7 Å². The number of esters is 1. The maximum atomic E-state index is 11.1. The van der Waals surface area contributed by atoms with Gasteiger partial charge in [0, 0.05) is 11.8 Å². The number of ether oxygens (including phenoxy) is 1. The van der Waals surface area contributed by atoms with Crippen molar-refractivity contribution >= 4 is 37.8 Å². The first-order valence-electron chi connectivity index (χ1n) is 4.56. The van der Waals surface area contributed by atoms with Crippen molar-refractivity contribution < 1.29 is 9.53 Å². The average Bonchev–Trinajstić information content (AvgIpc) is 2.14. The van der Waals surface area contributed by atoms with Crippen LogP contribution in [0.25, 0.3) is 0 Å². The monoisotopic (exact) mass is 314 g/mol. The van der Waals surface area contributed by atoms with E-state index in [-0.39, 0.29) is 10.8 Å². The van der Waals surface area contributed by atoms with Gasteiger partial charge in [0.1, 0.15) is 6.61 Å². The van der Waals surface area contributed by atoms with Gasteiger partial charge in [-0.15, -0.1) is 0 Å². The minimum atomic E-state index is -0.0844. The van der Waals surface area contributed by atoms with E-state index in [0.29, 0.717) is 13.0 Å². The molecule has 0 heterocycles. The normalized spacial score (nSPS) is 12.5. The Hall–Kier alpha value is 0.430. The van der Waals surface area contributed by atoms with Gasteiger partial charge in [-0.25, -0.2) is 0 Å². The van der Waals surface area contributed by atoms with Gasteiger partial charge >= 0.3 is 5.97 Å². The van der Waals surface area contributed by atoms with Crippen LogP contribution in [-0.2, 0) is 9.53 Å². The van der Waals surface area contributed by atoms with Crippen molar-refractivity contribution in [2.45, 2.75) is 37.4 Å². The number of carbonyl (C=O) groups excluding carboxylic acids is 1. The summed E-state index contributed by atoms with van der Waals surface area (Å²) < 4.78 is 5.03. The van der Waals surface area contributed by atoms with Crippen molar-refractivity contribution in [3.63, 3.8) is 0 Å². The standard InChI is InChI=1S/C9H16Br2O2/c1-2-3-4-5-9(12)13-7-8(11)6-10/h8H,2-7H2,1H3. The lowest BCUT2D eigenvalue weighted by Crippen LogP contribution is -2.14. The molecule has 13 heavy (non-hydrogen) atoms. The fourth-order valence-corrected chi connectivity index (χ4v) is 1.14. The molecular formula is C9H16Br2O2. The first-order valence-corrected chi connectivity index (χ1v) is 6.60. The first-order chi connectivity index (χ1) is 6.20. The molecule has 0 amide bonds. The molecule has 1 atom stereocenters. The summed E-state index contributed by atoms with van der Waals surface area (Å²) in [5.74, 6) is -0.0844. The second-order valence-corrected chi connectivity index (χ2v) is 4.83. The van der Waals surface area contributed by atoms with Gasteiger partial charge in [0.25, 0.3) is 0 Å². The van der Waals surface area contributed by atoms with E-state index in [1.807, 2.05) is 0 Å². The van der Waals surface area contributed by atoms with Crippen molar-refractivity contribution in [1.29, 1.82) is 0 Å². The van der Waals surface area contributed by atoms with Gasteiger partial charge in [0.15, 0.2) is 0 Å². The molecule has 78 valence electrons. The van der Waals surface area contributed by atoms with Crippen LogP contribution in [0.4, 0.5) is 0 Å². The Bertz CT molecular complexity index is 140. The molecule has 0 aromatic heterocycles. The van der Waals surface area contributed by atoms with E-state index in [9.17, 15) is 4.79 Å². The van der Waals surface area contributed by atoms with Crippen LogP contribution >= 0.6 is 31.9 Å². The van der Waals surface area contributed by atoms with Gasteiger partial charge in [0.05, 0.1) is 4.83 Å². The zero-order chi connectivity index (χ0) is 10.1. The lowest BCUT2D eigenvalue weighted by Gasteiger charge is -2.07. The molecule has 0 rings (SSSR count). The summed E-state index contributed by atoms with van der Waals surface area (Å²) in [5.41, 5.74) is 0. The number of alkyl halides is 2. The molecule has 2 nitrogen and oxygen atoms in total. The first kappa shape index (κ1) is 13.4. The molecule has 0 aromatic carbocycles. The van der Waals surface area contributed by atoms with Crippen LogP contribution in [0.5, 0.6) is 0 Å². The summed E-state index contributed by atoms with van der Waals surface area (Å²) in [6, 6.07) is 0. The second-order valence-electron chi connectivity index (χ2n) is 2.89. The van der Waals surface area contributed by atoms with E-state index in [1.165, 1.54) is 0 Å². The second kappa shape index (κ2) is 9.00. The molecule has 0 aliphatic rings. The van der Waals surface area contributed by atoms with Crippen molar-refractivity contribution in [2.75, 3.05) is 11.9 Å².